The predicted octanol–water partition coefficient (Wildman–Crippen LogP) is 5.59. The molecular formula is C27H22ClN3O2. The van der Waals surface area contributed by atoms with Crippen LogP contribution in [0.3, 0.4) is 0 Å². The monoisotopic (exact) mass is 455 g/mol. The molecular weight excluding hydrogens is 434 g/mol. The number of hydrogen-bond acceptors (Lipinski definition) is 3. The van der Waals surface area contributed by atoms with Gasteiger partial charge in [0.05, 0.1) is 17.6 Å². The number of fused-ring (bicyclic) bond motifs is 2. The van der Waals surface area contributed by atoms with E-state index in [1.165, 1.54) is 16.3 Å². The minimum atomic E-state index is -0.214. The molecule has 5 nitrogen and oxygen atoms in total. The van der Waals surface area contributed by atoms with Gasteiger partial charge >= 0.3 is 0 Å². The maximum Gasteiger partial charge on any atom is 0.258 e. The first kappa shape index (κ1) is 21.0. The van der Waals surface area contributed by atoms with E-state index >= 15 is 0 Å². The zero-order valence-corrected chi connectivity index (χ0v) is 18.6. The second-order valence-corrected chi connectivity index (χ2v) is 8.24. The number of halogens is 1. The van der Waals surface area contributed by atoms with Crippen LogP contribution >= 0.6 is 11.6 Å². The lowest BCUT2D eigenvalue weighted by Gasteiger charge is -2.12. The molecule has 0 aliphatic rings. The molecule has 1 N–H and O–H groups in total. The van der Waals surface area contributed by atoms with Crippen molar-refractivity contribution in [1.82, 2.24) is 14.9 Å². The molecule has 1 amide bonds. The van der Waals surface area contributed by atoms with Gasteiger partial charge in [0.1, 0.15) is 11.6 Å². The normalized spacial score (nSPS) is 11.1. The number of nitrogens with zero attached hydrogens (tertiary/aromatic N) is 2. The minimum Gasteiger partial charge on any atom is -0.484 e. The lowest BCUT2D eigenvalue weighted by molar-refractivity contribution is -0.123. The predicted molar refractivity (Wildman–Crippen MR) is 132 cm³/mol. The van der Waals surface area contributed by atoms with E-state index in [1.807, 2.05) is 30.3 Å². The Bertz CT molecular complexity index is 1430. The molecule has 0 spiro atoms. The lowest BCUT2D eigenvalue weighted by Crippen LogP contribution is -2.29. The smallest absolute Gasteiger partial charge is 0.258 e. The Morgan fingerprint density at radius 1 is 0.909 bits per heavy atom. The molecule has 1 heterocycles. The molecule has 164 valence electrons. The van der Waals surface area contributed by atoms with Gasteiger partial charge in [-0.3, -0.25) is 4.79 Å². The topological polar surface area (TPSA) is 56.1 Å². The van der Waals surface area contributed by atoms with Crippen molar-refractivity contribution in [2.45, 2.75) is 13.1 Å². The van der Waals surface area contributed by atoms with Crippen LogP contribution in [-0.4, -0.2) is 22.1 Å². The summed E-state index contributed by atoms with van der Waals surface area (Å²) in [7, 11) is 0. The van der Waals surface area contributed by atoms with Gasteiger partial charge in [-0.15, -0.1) is 0 Å². The number of aromatic nitrogens is 2. The molecule has 0 bridgehead atoms. The van der Waals surface area contributed by atoms with Crippen LogP contribution < -0.4 is 10.1 Å². The van der Waals surface area contributed by atoms with Gasteiger partial charge in [0.25, 0.3) is 5.91 Å². The van der Waals surface area contributed by atoms with E-state index in [9.17, 15) is 4.79 Å². The zero-order chi connectivity index (χ0) is 22.6. The number of hydrogen-bond donors (Lipinski definition) is 1. The fraction of sp³-hybridized carbons (Fsp3) is 0.111. The van der Waals surface area contributed by atoms with Crippen molar-refractivity contribution in [3.8, 4) is 5.75 Å². The third-order valence-corrected chi connectivity index (χ3v) is 5.77. The summed E-state index contributed by atoms with van der Waals surface area (Å²) in [4.78, 5) is 17.2. The summed E-state index contributed by atoms with van der Waals surface area (Å²) in [6.07, 6.45) is 0. The second-order valence-electron chi connectivity index (χ2n) is 7.80. The van der Waals surface area contributed by atoms with Crippen molar-refractivity contribution < 1.29 is 9.53 Å². The molecule has 0 atom stereocenters. The molecule has 0 aliphatic heterocycles. The van der Waals surface area contributed by atoms with Gasteiger partial charge in [0.15, 0.2) is 6.61 Å². The van der Waals surface area contributed by atoms with Crippen LogP contribution in [0, 0.1) is 0 Å². The van der Waals surface area contributed by atoms with E-state index in [1.54, 1.807) is 24.3 Å². The Kier molecular flexibility index (Phi) is 5.96. The fourth-order valence-corrected chi connectivity index (χ4v) is 3.99. The Balaban J connectivity index is 1.32. The SMILES string of the molecule is O=C(COc1ccc(Cl)cc1)NCc1nc2ccccc2n1Cc1ccc2ccccc2c1. The van der Waals surface area contributed by atoms with E-state index in [2.05, 4.69) is 46.3 Å². The van der Waals surface area contributed by atoms with E-state index in [0.717, 1.165) is 16.9 Å². The van der Waals surface area contributed by atoms with Crippen molar-refractivity contribution in [2.24, 2.45) is 0 Å². The van der Waals surface area contributed by atoms with Gasteiger partial charge in [-0.05, 0) is 58.8 Å². The molecule has 4 aromatic carbocycles. The number of imidazole rings is 1. The van der Waals surface area contributed by atoms with Crippen molar-refractivity contribution in [2.75, 3.05) is 6.61 Å². The molecule has 0 unspecified atom stereocenters. The zero-order valence-electron chi connectivity index (χ0n) is 17.9. The van der Waals surface area contributed by atoms with Gasteiger partial charge < -0.3 is 14.6 Å². The molecule has 33 heavy (non-hydrogen) atoms. The summed E-state index contributed by atoms with van der Waals surface area (Å²) in [5, 5.41) is 5.96. The second kappa shape index (κ2) is 9.35. The number of benzene rings is 4. The molecule has 0 fully saturated rings. The van der Waals surface area contributed by atoms with Crippen LogP contribution in [0.15, 0.2) is 91.0 Å². The van der Waals surface area contributed by atoms with Gasteiger partial charge in [-0.25, -0.2) is 4.98 Å². The average Bonchev–Trinajstić information content (AvgIpc) is 3.19. The molecule has 5 aromatic rings. The van der Waals surface area contributed by atoms with Crippen LogP contribution in [0.5, 0.6) is 5.75 Å². The number of ether oxygens (including phenoxy) is 1. The van der Waals surface area contributed by atoms with Gasteiger partial charge in [0, 0.05) is 11.6 Å². The third kappa shape index (κ3) is 4.83. The highest BCUT2D eigenvalue weighted by molar-refractivity contribution is 6.30. The molecule has 0 saturated heterocycles. The number of para-hydroxylation sites is 2. The Morgan fingerprint density at radius 3 is 2.52 bits per heavy atom. The summed E-state index contributed by atoms with van der Waals surface area (Å²) in [5.74, 6) is 1.18. The highest BCUT2D eigenvalue weighted by Crippen LogP contribution is 2.21. The highest BCUT2D eigenvalue weighted by Gasteiger charge is 2.13. The van der Waals surface area contributed by atoms with Crippen LogP contribution in [0.25, 0.3) is 21.8 Å². The standard InChI is InChI=1S/C27H22ClN3O2/c28-22-11-13-23(14-12-22)33-18-27(32)29-16-26-30-24-7-3-4-8-25(24)31(26)17-19-9-10-20-5-1-2-6-21(20)15-19/h1-15H,16-18H2,(H,29,32). The molecule has 0 radical (unpaired) electrons. The van der Waals surface area contributed by atoms with Crippen molar-refractivity contribution in [1.29, 1.82) is 0 Å². The first-order valence-corrected chi connectivity index (χ1v) is 11.1. The summed E-state index contributed by atoms with van der Waals surface area (Å²) >= 11 is 5.88. The lowest BCUT2D eigenvalue weighted by atomic mass is 10.1. The molecule has 0 aliphatic carbocycles. The number of nitrogens with one attached hydrogen (secondary N) is 1. The third-order valence-electron chi connectivity index (χ3n) is 5.52. The van der Waals surface area contributed by atoms with Crippen LogP contribution in [0.4, 0.5) is 0 Å². The molecule has 5 rings (SSSR count). The van der Waals surface area contributed by atoms with Gasteiger partial charge in [0.2, 0.25) is 0 Å². The molecule has 1 aromatic heterocycles. The number of rotatable bonds is 7. The largest absolute Gasteiger partial charge is 0.484 e. The maximum atomic E-state index is 12.4. The summed E-state index contributed by atoms with van der Waals surface area (Å²) in [6, 6.07) is 29.7. The van der Waals surface area contributed by atoms with Crippen LogP contribution in [0.1, 0.15) is 11.4 Å². The van der Waals surface area contributed by atoms with Crippen LogP contribution in [0.2, 0.25) is 5.02 Å². The first-order valence-electron chi connectivity index (χ1n) is 10.7. The highest BCUT2D eigenvalue weighted by atomic mass is 35.5. The number of amides is 1. The van der Waals surface area contributed by atoms with Crippen molar-refractivity contribution in [3.63, 3.8) is 0 Å². The van der Waals surface area contributed by atoms with Crippen LogP contribution in [-0.2, 0) is 17.9 Å². The minimum absolute atomic E-state index is 0.0768. The Hall–Kier alpha value is -3.83. The Morgan fingerprint density at radius 2 is 1.67 bits per heavy atom. The quantitative estimate of drug-likeness (QED) is 0.348. The summed E-state index contributed by atoms with van der Waals surface area (Å²) in [5.41, 5.74) is 3.11. The average molecular weight is 456 g/mol. The summed E-state index contributed by atoms with van der Waals surface area (Å²) in [6.45, 7) is 0.898. The van der Waals surface area contributed by atoms with E-state index < -0.39 is 0 Å². The fourth-order valence-electron chi connectivity index (χ4n) is 3.86. The maximum absolute atomic E-state index is 12.4. The number of carbonyl (C=O) groups excluding carboxylic acids is 1. The molecule has 0 saturated carbocycles. The number of carbonyl (C=O) groups is 1. The first-order chi connectivity index (χ1) is 16.2. The van der Waals surface area contributed by atoms with E-state index in [4.69, 9.17) is 21.3 Å². The van der Waals surface area contributed by atoms with E-state index in [-0.39, 0.29) is 12.5 Å². The van der Waals surface area contributed by atoms with Crippen molar-refractivity contribution >= 4 is 39.3 Å². The van der Waals surface area contributed by atoms with Gasteiger partial charge in [-0.1, -0.05) is 60.1 Å². The van der Waals surface area contributed by atoms with Gasteiger partial charge in [-0.2, -0.15) is 0 Å². The Labute approximate surface area is 196 Å². The van der Waals surface area contributed by atoms with Crippen molar-refractivity contribution in [3.05, 3.63) is 107 Å². The van der Waals surface area contributed by atoms with E-state index in [0.29, 0.717) is 23.9 Å². The summed E-state index contributed by atoms with van der Waals surface area (Å²) < 4.78 is 7.69. The molecule has 6 heteroatoms.